The van der Waals surface area contributed by atoms with E-state index in [4.69, 9.17) is 14.2 Å². The zero-order chi connectivity index (χ0) is 25.2. The molecule has 0 saturated carbocycles. The summed E-state index contributed by atoms with van der Waals surface area (Å²) in [7, 11) is 3.42. The van der Waals surface area contributed by atoms with E-state index in [1.165, 1.54) is 19.5 Å². The van der Waals surface area contributed by atoms with E-state index < -0.39 is 6.04 Å². The van der Waals surface area contributed by atoms with Crippen molar-refractivity contribution in [2.75, 3.05) is 27.2 Å². The van der Waals surface area contributed by atoms with Crippen molar-refractivity contribution in [1.29, 1.82) is 0 Å². The largest absolute Gasteiger partial charge is 0.496 e. The molecular formula is C24H24N8O4. The third-order valence-corrected chi connectivity index (χ3v) is 5.93. The van der Waals surface area contributed by atoms with E-state index in [2.05, 4.69) is 25.4 Å². The molecule has 0 bridgehead atoms. The number of amides is 1. The summed E-state index contributed by atoms with van der Waals surface area (Å²) in [4.78, 5) is 45.6. The highest BCUT2D eigenvalue weighted by Crippen LogP contribution is 2.27. The van der Waals surface area contributed by atoms with Crippen molar-refractivity contribution in [3.8, 4) is 28.5 Å². The first kappa shape index (κ1) is 23.3. The van der Waals surface area contributed by atoms with Crippen LogP contribution in [0, 0.1) is 6.92 Å². The van der Waals surface area contributed by atoms with Crippen molar-refractivity contribution in [1.82, 2.24) is 39.9 Å². The minimum Gasteiger partial charge on any atom is -0.496 e. The van der Waals surface area contributed by atoms with Crippen molar-refractivity contribution in [2.45, 2.75) is 19.5 Å². The Hall–Kier alpha value is -4.45. The molecule has 12 nitrogen and oxygen atoms in total. The number of likely N-dealkylation sites (N-methyl/N-ethyl adjacent to an activating group) is 1. The standard InChI is InChI=1S/C24H24N8O4/c1-14-27-22(30-36-14)15-4-5-16(20(10-15)35-3)24(34)29-19-12-31(2)8-9-32-21(33)11-18(28-23(19)32)17-6-7-25-13-26-17/h4-7,10-11,13,19H,8-9,12H2,1-3H3,(H,29,34). The smallest absolute Gasteiger partial charge is 0.255 e. The summed E-state index contributed by atoms with van der Waals surface area (Å²) in [5, 5.41) is 6.96. The molecule has 1 N–H and O–H groups in total. The lowest BCUT2D eigenvalue weighted by Gasteiger charge is -2.22. The number of aromatic nitrogens is 6. The normalized spacial score (nSPS) is 15.7. The second kappa shape index (κ2) is 9.66. The van der Waals surface area contributed by atoms with Crippen molar-refractivity contribution in [3.63, 3.8) is 0 Å². The first-order chi connectivity index (χ1) is 17.4. The second-order valence-electron chi connectivity index (χ2n) is 8.42. The van der Waals surface area contributed by atoms with Crippen LogP contribution in [0.3, 0.4) is 0 Å². The number of fused-ring (bicyclic) bond motifs is 1. The number of rotatable bonds is 5. The molecule has 1 aromatic carbocycles. The second-order valence-corrected chi connectivity index (χ2v) is 8.42. The number of hydrogen-bond donors (Lipinski definition) is 1. The summed E-state index contributed by atoms with van der Waals surface area (Å²) in [6.07, 6.45) is 2.99. The zero-order valence-corrected chi connectivity index (χ0v) is 20.0. The fourth-order valence-corrected chi connectivity index (χ4v) is 4.12. The number of aryl methyl sites for hydroxylation is 1. The summed E-state index contributed by atoms with van der Waals surface area (Å²) in [6, 6.07) is 7.65. The molecular weight excluding hydrogens is 464 g/mol. The Kier molecular flexibility index (Phi) is 6.25. The summed E-state index contributed by atoms with van der Waals surface area (Å²) in [5.74, 6) is 1.29. The minimum atomic E-state index is -0.552. The molecule has 0 saturated heterocycles. The number of methoxy groups -OCH3 is 1. The fraction of sp³-hybridized carbons (Fsp3) is 0.292. The molecule has 0 spiro atoms. The van der Waals surface area contributed by atoms with E-state index in [9.17, 15) is 9.59 Å². The topological polar surface area (TPSA) is 141 Å². The Morgan fingerprint density at radius 3 is 2.75 bits per heavy atom. The van der Waals surface area contributed by atoms with Crippen molar-refractivity contribution < 1.29 is 14.1 Å². The summed E-state index contributed by atoms with van der Waals surface area (Å²) >= 11 is 0. The highest BCUT2D eigenvalue weighted by atomic mass is 16.5. The Morgan fingerprint density at radius 1 is 1.17 bits per heavy atom. The lowest BCUT2D eigenvalue weighted by molar-refractivity contribution is 0.0924. The van der Waals surface area contributed by atoms with Gasteiger partial charge in [-0.1, -0.05) is 5.16 Å². The quantitative estimate of drug-likeness (QED) is 0.439. The Labute approximate surface area is 206 Å². The SMILES string of the molecule is COc1cc(-c2noc(C)n2)ccc1C(=O)NC1CN(C)CCn2c1nc(-c1ccncn1)cc2=O. The highest BCUT2D eigenvalue weighted by molar-refractivity contribution is 5.97. The lowest BCUT2D eigenvalue weighted by Crippen LogP contribution is -2.37. The van der Waals surface area contributed by atoms with Crippen LogP contribution < -0.4 is 15.6 Å². The molecule has 0 fully saturated rings. The molecule has 12 heteroatoms. The first-order valence-electron chi connectivity index (χ1n) is 11.3. The first-order valence-corrected chi connectivity index (χ1v) is 11.3. The zero-order valence-electron chi connectivity index (χ0n) is 20.0. The van der Waals surface area contributed by atoms with Crippen LogP contribution in [0.5, 0.6) is 5.75 Å². The van der Waals surface area contributed by atoms with Crippen LogP contribution in [0.1, 0.15) is 28.1 Å². The number of nitrogens with zero attached hydrogens (tertiary/aromatic N) is 7. The van der Waals surface area contributed by atoms with Gasteiger partial charge in [0.2, 0.25) is 11.7 Å². The van der Waals surface area contributed by atoms with Crippen molar-refractivity contribution in [2.24, 2.45) is 0 Å². The molecule has 184 valence electrons. The molecule has 4 aromatic rings. The molecule has 0 radical (unpaired) electrons. The molecule has 1 aliphatic heterocycles. The fourth-order valence-electron chi connectivity index (χ4n) is 4.12. The summed E-state index contributed by atoms with van der Waals surface area (Å²) < 4.78 is 12.1. The van der Waals surface area contributed by atoms with Gasteiger partial charge in [-0.05, 0) is 31.3 Å². The molecule has 1 unspecified atom stereocenters. The average Bonchev–Trinajstić information content (AvgIpc) is 3.26. The summed E-state index contributed by atoms with van der Waals surface area (Å²) in [5.41, 5.74) is 1.73. The van der Waals surface area contributed by atoms with Gasteiger partial charge >= 0.3 is 0 Å². The lowest BCUT2D eigenvalue weighted by atomic mass is 10.1. The van der Waals surface area contributed by atoms with E-state index in [-0.39, 0.29) is 11.5 Å². The third kappa shape index (κ3) is 4.58. The maximum atomic E-state index is 13.4. The van der Waals surface area contributed by atoms with Crippen molar-refractivity contribution in [3.05, 3.63) is 70.5 Å². The van der Waals surface area contributed by atoms with Crippen LogP contribution in [0.25, 0.3) is 22.8 Å². The summed E-state index contributed by atoms with van der Waals surface area (Å²) in [6.45, 7) is 3.26. The van der Waals surface area contributed by atoms with Gasteiger partial charge in [-0.15, -0.1) is 0 Å². The van der Waals surface area contributed by atoms with Crippen LogP contribution in [0.15, 0.2) is 52.2 Å². The van der Waals surface area contributed by atoms with Gasteiger partial charge in [0.25, 0.3) is 11.5 Å². The number of hydrogen-bond acceptors (Lipinski definition) is 10. The van der Waals surface area contributed by atoms with Crippen LogP contribution in [0.4, 0.5) is 0 Å². The van der Waals surface area contributed by atoms with Gasteiger partial charge in [-0.2, -0.15) is 4.98 Å². The van der Waals surface area contributed by atoms with Crippen LogP contribution in [0.2, 0.25) is 0 Å². The molecule has 5 rings (SSSR count). The van der Waals surface area contributed by atoms with Crippen LogP contribution in [-0.2, 0) is 6.54 Å². The predicted octanol–water partition coefficient (Wildman–Crippen LogP) is 1.48. The van der Waals surface area contributed by atoms with Gasteiger partial charge in [0.1, 0.15) is 23.9 Å². The van der Waals surface area contributed by atoms with Gasteiger partial charge in [0.05, 0.1) is 24.1 Å². The number of benzene rings is 1. The van der Waals surface area contributed by atoms with E-state index in [1.807, 2.05) is 11.9 Å². The maximum Gasteiger partial charge on any atom is 0.255 e. The molecule has 3 aromatic heterocycles. The number of carbonyl (C=O) groups is 1. The van der Waals surface area contributed by atoms with Gasteiger partial charge in [0, 0.05) is 44.4 Å². The molecule has 36 heavy (non-hydrogen) atoms. The van der Waals surface area contributed by atoms with E-state index in [0.717, 1.165) is 0 Å². The molecule has 1 amide bonds. The van der Waals surface area contributed by atoms with Crippen LogP contribution in [-0.4, -0.2) is 67.7 Å². The molecule has 1 atom stereocenters. The van der Waals surface area contributed by atoms with E-state index in [0.29, 0.717) is 65.4 Å². The number of nitrogens with one attached hydrogen (secondary N) is 1. The van der Waals surface area contributed by atoms with Gasteiger partial charge < -0.3 is 19.5 Å². The van der Waals surface area contributed by atoms with E-state index >= 15 is 0 Å². The van der Waals surface area contributed by atoms with Crippen molar-refractivity contribution >= 4 is 5.91 Å². The Morgan fingerprint density at radius 2 is 2.03 bits per heavy atom. The highest BCUT2D eigenvalue weighted by Gasteiger charge is 2.28. The predicted molar refractivity (Wildman–Crippen MR) is 128 cm³/mol. The van der Waals surface area contributed by atoms with Gasteiger partial charge in [0.15, 0.2) is 0 Å². The molecule has 1 aliphatic rings. The maximum absolute atomic E-state index is 13.4. The molecule has 4 heterocycles. The van der Waals surface area contributed by atoms with Gasteiger partial charge in [-0.3, -0.25) is 14.2 Å². The monoisotopic (exact) mass is 488 g/mol. The molecule has 0 aliphatic carbocycles. The number of ether oxygens (including phenoxy) is 1. The number of carbonyl (C=O) groups excluding carboxylic acids is 1. The third-order valence-electron chi connectivity index (χ3n) is 5.93. The Balaban J connectivity index is 1.49. The van der Waals surface area contributed by atoms with Crippen LogP contribution >= 0.6 is 0 Å². The average molecular weight is 489 g/mol. The van der Waals surface area contributed by atoms with E-state index in [1.54, 1.807) is 42.0 Å². The van der Waals surface area contributed by atoms with Gasteiger partial charge in [-0.25, -0.2) is 15.0 Å². The Bertz CT molecular complexity index is 1470. The minimum absolute atomic E-state index is 0.208.